The van der Waals surface area contributed by atoms with Gasteiger partial charge in [-0.05, 0) is 19.9 Å². The Labute approximate surface area is 109 Å². The zero-order chi connectivity index (χ0) is 13.8. The third-order valence-electron chi connectivity index (χ3n) is 3.40. The van der Waals surface area contributed by atoms with E-state index in [2.05, 4.69) is 4.90 Å². The molecule has 1 heterocycles. The molecule has 1 rings (SSSR count). The summed E-state index contributed by atoms with van der Waals surface area (Å²) in [4.78, 5) is 12.6. The summed E-state index contributed by atoms with van der Waals surface area (Å²) in [6.45, 7) is 3.79. The quantitative estimate of drug-likeness (QED) is 0.751. The minimum Gasteiger partial charge on any atom is -0.481 e. The largest absolute Gasteiger partial charge is 0.481 e. The fourth-order valence-electron chi connectivity index (χ4n) is 2.15. The van der Waals surface area contributed by atoms with E-state index in [9.17, 15) is 13.2 Å². The standard InChI is InChI=1S/C11H22N2O4S/c1-3-10-9-13(7-6-12(10)2)18(16,17)8-4-5-11(14)15/h10H,3-9H2,1-2H3,(H,14,15). The third-order valence-corrected chi connectivity index (χ3v) is 5.32. The first-order chi connectivity index (χ1) is 8.36. The summed E-state index contributed by atoms with van der Waals surface area (Å²) in [5.74, 6) is -1.02. The first-order valence-corrected chi connectivity index (χ1v) is 7.87. The number of hydrogen-bond acceptors (Lipinski definition) is 4. The number of carboxylic acid groups (broad SMARTS) is 1. The molecule has 1 atom stereocenters. The first kappa shape index (κ1) is 15.4. The molecule has 0 aromatic rings. The molecule has 0 radical (unpaired) electrons. The Kier molecular flexibility index (Phi) is 5.55. The number of likely N-dealkylation sites (N-methyl/N-ethyl adjacent to an activating group) is 1. The molecular formula is C11H22N2O4S. The summed E-state index contributed by atoms with van der Waals surface area (Å²) < 4.78 is 25.6. The minimum absolute atomic E-state index is 0.0700. The van der Waals surface area contributed by atoms with Gasteiger partial charge in [-0.25, -0.2) is 8.42 Å². The van der Waals surface area contributed by atoms with Gasteiger partial charge in [-0.2, -0.15) is 4.31 Å². The van der Waals surface area contributed by atoms with Gasteiger partial charge in [-0.15, -0.1) is 0 Å². The van der Waals surface area contributed by atoms with E-state index >= 15 is 0 Å². The fraction of sp³-hybridized carbons (Fsp3) is 0.909. The highest BCUT2D eigenvalue weighted by atomic mass is 32.2. The molecule has 1 unspecified atom stereocenters. The maximum atomic E-state index is 12.0. The van der Waals surface area contributed by atoms with E-state index in [1.807, 2.05) is 14.0 Å². The van der Waals surface area contributed by atoms with Crippen LogP contribution in [-0.2, 0) is 14.8 Å². The number of carbonyl (C=O) groups is 1. The number of carboxylic acids is 1. The fourth-order valence-corrected chi connectivity index (χ4v) is 3.67. The topological polar surface area (TPSA) is 77.9 Å². The second kappa shape index (κ2) is 6.49. The number of rotatable bonds is 6. The molecule has 7 heteroatoms. The number of nitrogens with zero attached hydrogens (tertiary/aromatic N) is 2. The van der Waals surface area contributed by atoms with Gasteiger partial charge >= 0.3 is 5.97 Å². The summed E-state index contributed by atoms with van der Waals surface area (Å²) in [6, 6.07) is 0.257. The van der Waals surface area contributed by atoms with Crippen LogP contribution in [-0.4, -0.2) is 67.2 Å². The molecule has 1 N–H and O–H groups in total. The van der Waals surface area contributed by atoms with Gasteiger partial charge in [0.25, 0.3) is 0 Å². The molecule has 0 bridgehead atoms. The lowest BCUT2D eigenvalue weighted by atomic mass is 10.1. The van der Waals surface area contributed by atoms with Crippen molar-refractivity contribution in [2.45, 2.75) is 32.2 Å². The van der Waals surface area contributed by atoms with Crippen LogP contribution in [0.5, 0.6) is 0 Å². The Hall–Kier alpha value is -0.660. The summed E-state index contributed by atoms with van der Waals surface area (Å²) in [7, 11) is -1.30. The third kappa shape index (κ3) is 4.22. The molecule has 18 heavy (non-hydrogen) atoms. The van der Waals surface area contributed by atoms with E-state index in [4.69, 9.17) is 5.11 Å². The predicted octanol–water partition coefficient (Wildman–Crippen LogP) is 0.207. The zero-order valence-electron chi connectivity index (χ0n) is 11.0. The van der Waals surface area contributed by atoms with Crippen molar-refractivity contribution in [3.63, 3.8) is 0 Å². The molecule has 1 fully saturated rings. The van der Waals surface area contributed by atoms with Crippen LogP contribution in [0.15, 0.2) is 0 Å². The highest BCUT2D eigenvalue weighted by molar-refractivity contribution is 7.89. The van der Waals surface area contributed by atoms with Crippen molar-refractivity contribution in [2.24, 2.45) is 0 Å². The lowest BCUT2D eigenvalue weighted by Crippen LogP contribution is -2.53. The molecule has 0 amide bonds. The van der Waals surface area contributed by atoms with Crippen LogP contribution in [0.4, 0.5) is 0 Å². The van der Waals surface area contributed by atoms with Gasteiger partial charge in [-0.1, -0.05) is 6.92 Å². The van der Waals surface area contributed by atoms with Crippen molar-refractivity contribution < 1.29 is 18.3 Å². The van der Waals surface area contributed by atoms with Gasteiger partial charge in [0, 0.05) is 32.1 Å². The van der Waals surface area contributed by atoms with Crippen LogP contribution in [0.1, 0.15) is 26.2 Å². The minimum atomic E-state index is -3.30. The summed E-state index contributed by atoms with van der Waals surface area (Å²) in [5.41, 5.74) is 0. The van der Waals surface area contributed by atoms with E-state index in [1.165, 1.54) is 4.31 Å². The van der Waals surface area contributed by atoms with Gasteiger partial charge in [0.05, 0.1) is 5.75 Å². The number of hydrogen-bond donors (Lipinski definition) is 1. The number of aliphatic carboxylic acids is 1. The van der Waals surface area contributed by atoms with E-state index in [-0.39, 0.29) is 24.6 Å². The Balaban J connectivity index is 2.54. The monoisotopic (exact) mass is 278 g/mol. The average Bonchev–Trinajstić information content (AvgIpc) is 2.28. The Morgan fingerprint density at radius 3 is 2.61 bits per heavy atom. The Bertz CT molecular complexity index is 383. The van der Waals surface area contributed by atoms with E-state index in [0.29, 0.717) is 13.1 Å². The van der Waals surface area contributed by atoms with Gasteiger partial charge < -0.3 is 10.0 Å². The van der Waals surface area contributed by atoms with Crippen LogP contribution in [0, 0.1) is 0 Å². The lowest BCUT2D eigenvalue weighted by Gasteiger charge is -2.38. The number of piperazine rings is 1. The van der Waals surface area contributed by atoms with Crippen LogP contribution >= 0.6 is 0 Å². The maximum absolute atomic E-state index is 12.0. The molecule has 0 spiro atoms. The van der Waals surface area contributed by atoms with Crippen LogP contribution in [0.3, 0.4) is 0 Å². The van der Waals surface area contributed by atoms with Gasteiger partial charge in [0.15, 0.2) is 0 Å². The number of sulfonamides is 1. The molecule has 0 aromatic carbocycles. The molecule has 6 nitrogen and oxygen atoms in total. The van der Waals surface area contributed by atoms with Crippen molar-refractivity contribution in [1.29, 1.82) is 0 Å². The van der Waals surface area contributed by atoms with Gasteiger partial charge in [-0.3, -0.25) is 4.79 Å². The predicted molar refractivity (Wildman–Crippen MR) is 68.9 cm³/mol. The summed E-state index contributed by atoms with van der Waals surface area (Å²) >= 11 is 0. The first-order valence-electron chi connectivity index (χ1n) is 6.26. The Morgan fingerprint density at radius 1 is 1.39 bits per heavy atom. The van der Waals surface area contributed by atoms with Crippen molar-refractivity contribution in [3.8, 4) is 0 Å². The van der Waals surface area contributed by atoms with Crippen molar-refractivity contribution >= 4 is 16.0 Å². The molecule has 1 aliphatic heterocycles. The van der Waals surface area contributed by atoms with E-state index in [1.54, 1.807) is 0 Å². The molecule has 0 aromatic heterocycles. The SMILES string of the molecule is CCC1CN(S(=O)(=O)CCCC(=O)O)CCN1C. The highest BCUT2D eigenvalue weighted by Gasteiger charge is 2.30. The molecular weight excluding hydrogens is 256 g/mol. The molecule has 0 saturated carbocycles. The normalized spacial score (nSPS) is 23.1. The second-order valence-electron chi connectivity index (χ2n) is 4.71. The summed E-state index contributed by atoms with van der Waals surface area (Å²) in [6.07, 6.45) is 1.00. The zero-order valence-corrected chi connectivity index (χ0v) is 11.8. The summed E-state index contributed by atoms with van der Waals surface area (Å²) in [5, 5.41) is 8.52. The van der Waals surface area contributed by atoms with Crippen molar-refractivity contribution in [2.75, 3.05) is 32.4 Å². The molecule has 106 valence electrons. The average molecular weight is 278 g/mol. The second-order valence-corrected chi connectivity index (χ2v) is 6.80. The van der Waals surface area contributed by atoms with E-state index < -0.39 is 16.0 Å². The van der Waals surface area contributed by atoms with Crippen LogP contribution < -0.4 is 0 Å². The smallest absolute Gasteiger partial charge is 0.303 e. The van der Waals surface area contributed by atoms with Crippen LogP contribution in [0.2, 0.25) is 0 Å². The van der Waals surface area contributed by atoms with Crippen LogP contribution in [0.25, 0.3) is 0 Å². The van der Waals surface area contributed by atoms with Crippen molar-refractivity contribution in [1.82, 2.24) is 9.21 Å². The Morgan fingerprint density at radius 2 is 2.06 bits per heavy atom. The molecule has 1 aliphatic rings. The highest BCUT2D eigenvalue weighted by Crippen LogP contribution is 2.15. The lowest BCUT2D eigenvalue weighted by molar-refractivity contribution is -0.137. The maximum Gasteiger partial charge on any atom is 0.303 e. The molecule has 0 aliphatic carbocycles. The van der Waals surface area contributed by atoms with Crippen molar-refractivity contribution in [3.05, 3.63) is 0 Å². The van der Waals surface area contributed by atoms with Gasteiger partial charge in [0.2, 0.25) is 10.0 Å². The van der Waals surface area contributed by atoms with E-state index in [0.717, 1.165) is 13.0 Å². The molecule has 1 saturated heterocycles. The van der Waals surface area contributed by atoms with Gasteiger partial charge in [0.1, 0.15) is 0 Å².